The largest absolute Gasteiger partial charge is 0.481 e. The minimum atomic E-state index is -1.89. The van der Waals surface area contributed by atoms with E-state index in [2.05, 4.69) is 31.2 Å². The maximum atomic E-state index is 13.2. The van der Waals surface area contributed by atoms with E-state index in [4.69, 9.17) is 17.2 Å². The van der Waals surface area contributed by atoms with Crippen LogP contribution in [0.3, 0.4) is 0 Å². The van der Waals surface area contributed by atoms with E-state index in [1.54, 1.807) is 30.5 Å². The van der Waals surface area contributed by atoms with Gasteiger partial charge in [-0.15, -0.1) is 0 Å². The molecule has 0 fully saturated rings. The van der Waals surface area contributed by atoms with Crippen molar-refractivity contribution >= 4 is 58.4 Å². The Kier molecular flexibility index (Phi) is 14.9. The number of carbonyl (C=O) groups excluding carboxylic acids is 4. The number of aromatic amines is 1. The molecule has 2 aromatic rings. The Hall–Kier alpha value is -5.76. The number of amides is 4. The molecular formula is C29H41N9O11. The summed E-state index contributed by atoms with van der Waals surface area (Å²) in [5.74, 6) is -9.30. The smallest absolute Gasteiger partial charge is 0.326 e. The molecule has 1 aromatic heterocycles. The van der Waals surface area contributed by atoms with Crippen molar-refractivity contribution in [1.82, 2.24) is 26.3 Å². The highest BCUT2D eigenvalue weighted by atomic mass is 16.4. The Balaban J connectivity index is 2.17. The van der Waals surface area contributed by atoms with Crippen molar-refractivity contribution < 1.29 is 54.0 Å². The Morgan fingerprint density at radius 1 is 0.816 bits per heavy atom. The fourth-order valence-corrected chi connectivity index (χ4v) is 4.61. The van der Waals surface area contributed by atoms with Crippen LogP contribution >= 0.6 is 0 Å². The molecule has 49 heavy (non-hydrogen) atoms. The van der Waals surface area contributed by atoms with Gasteiger partial charge in [0.25, 0.3) is 0 Å². The molecule has 0 radical (unpaired) electrons. The summed E-state index contributed by atoms with van der Waals surface area (Å²) in [6.07, 6.45) is -1.98. The zero-order chi connectivity index (χ0) is 36.8. The van der Waals surface area contributed by atoms with E-state index in [1.165, 1.54) is 0 Å². The van der Waals surface area contributed by atoms with E-state index in [0.717, 1.165) is 6.92 Å². The number of nitrogens with two attached hydrogens (primary N) is 3. The molecular weight excluding hydrogens is 650 g/mol. The van der Waals surface area contributed by atoms with Crippen LogP contribution in [0.4, 0.5) is 0 Å². The van der Waals surface area contributed by atoms with Crippen LogP contribution in [0.15, 0.2) is 35.5 Å². The number of fused-ring (bicyclic) bond motifs is 1. The second-order valence-corrected chi connectivity index (χ2v) is 11.1. The lowest BCUT2D eigenvalue weighted by Gasteiger charge is -2.27. The van der Waals surface area contributed by atoms with Crippen LogP contribution in [-0.2, 0) is 40.0 Å². The first-order valence-corrected chi connectivity index (χ1v) is 14.9. The number of H-pyrrole nitrogens is 1. The monoisotopic (exact) mass is 691 g/mol. The number of aliphatic hydroxyl groups is 1. The van der Waals surface area contributed by atoms with Gasteiger partial charge in [0.15, 0.2) is 5.96 Å². The highest BCUT2D eigenvalue weighted by Crippen LogP contribution is 2.19. The van der Waals surface area contributed by atoms with E-state index in [9.17, 15) is 54.0 Å². The first-order valence-electron chi connectivity index (χ1n) is 14.9. The summed E-state index contributed by atoms with van der Waals surface area (Å²) >= 11 is 0. The lowest BCUT2D eigenvalue weighted by molar-refractivity contribution is -0.143. The molecule has 0 spiro atoms. The van der Waals surface area contributed by atoms with Gasteiger partial charge in [0.1, 0.15) is 24.2 Å². The molecule has 1 aromatic carbocycles. The second kappa shape index (κ2) is 18.5. The third kappa shape index (κ3) is 12.8. The van der Waals surface area contributed by atoms with Crippen LogP contribution < -0.4 is 38.5 Å². The zero-order valence-corrected chi connectivity index (χ0v) is 26.4. The molecule has 15 N–H and O–H groups in total. The SMILES string of the molecule is C[C@@H](O)[C@H](NC(=O)[C@H](CC(=O)O)NC(=O)[C@@H](N)CCCN=C(N)N)C(=O)N[C@@H](CC(=O)O)C(=O)N[C@@H](Cc1c[nH]c2ccccc12)C(=O)O. The average molecular weight is 692 g/mol. The quantitative estimate of drug-likeness (QED) is 0.0363. The molecule has 2 rings (SSSR count). The maximum Gasteiger partial charge on any atom is 0.326 e. The van der Waals surface area contributed by atoms with Crippen molar-refractivity contribution in [2.24, 2.45) is 22.2 Å². The van der Waals surface area contributed by atoms with Crippen LogP contribution in [0.2, 0.25) is 0 Å². The summed E-state index contributed by atoms with van der Waals surface area (Å²) in [5.41, 5.74) is 17.5. The zero-order valence-electron chi connectivity index (χ0n) is 26.4. The van der Waals surface area contributed by atoms with E-state index in [1.807, 2.05) is 0 Å². The number of nitrogens with one attached hydrogen (secondary N) is 5. The summed E-state index contributed by atoms with van der Waals surface area (Å²) in [5, 5.41) is 48.0. The summed E-state index contributed by atoms with van der Waals surface area (Å²) in [6, 6.07) is -1.30. The lowest BCUT2D eigenvalue weighted by atomic mass is 10.0. The number of carboxylic acids is 3. The number of aliphatic carboxylic acids is 3. The molecule has 0 saturated carbocycles. The first-order chi connectivity index (χ1) is 23.0. The van der Waals surface area contributed by atoms with Crippen LogP contribution in [0.1, 0.15) is 38.2 Å². The number of hydrogen-bond acceptors (Lipinski definition) is 10. The van der Waals surface area contributed by atoms with Gasteiger partial charge in [-0.05, 0) is 31.4 Å². The molecule has 0 aliphatic rings. The molecule has 20 nitrogen and oxygen atoms in total. The number of carbonyl (C=O) groups is 7. The number of carboxylic acid groups (broad SMARTS) is 3. The Morgan fingerprint density at radius 3 is 1.92 bits per heavy atom. The molecule has 0 aliphatic heterocycles. The minimum absolute atomic E-state index is 0.0558. The van der Waals surface area contributed by atoms with Crippen molar-refractivity contribution in [2.75, 3.05) is 6.54 Å². The van der Waals surface area contributed by atoms with Crippen LogP contribution in [-0.4, -0.2) is 116 Å². The van der Waals surface area contributed by atoms with Gasteiger partial charge in [0.2, 0.25) is 23.6 Å². The van der Waals surface area contributed by atoms with Gasteiger partial charge >= 0.3 is 17.9 Å². The maximum absolute atomic E-state index is 13.2. The summed E-state index contributed by atoms with van der Waals surface area (Å²) in [6.45, 7) is 1.21. The Morgan fingerprint density at radius 2 is 1.37 bits per heavy atom. The second-order valence-electron chi connectivity index (χ2n) is 11.1. The third-order valence-electron chi connectivity index (χ3n) is 7.10. The molecule has 20 heteroatoms. The Bertz CT molecular complexity index is 1550. The van der Waals surface area contributed by atoms with Crippen molar-refractivity contribution in [2.45, 2.75) is 75.3 Å². The number of guanidine groups is 1. The number of aliphatic hydroxyl groups excluding tert-OH is 1. The lowest BCUT2D eigenvalue weighted by Crippen LogP contribution is -2.61. The van der Waals surface area contributed by atoms with Crippen LogP contribution in [0.25, 0.3) is 10.9 Å². The first kappa shape index (κ1) is 39.4. The van der Waals surface area contributed by atoms with E-state index in [-0.39, 0.29) is 31.8 Å². The molecule has 6 atom stereocenters. The van der Waals surface area contributed by atoms with E-state index < -0.39 is 90.7 Å². The topological polar surface area (TPSA) is 355 Å². The van der Waals surface area contributed by atoms with Crippen molar-refractivity contribution in [3.63, 3.8) is 0 Å². The van der Waals surface area contributed by atoms with Crippen LogP contribution in [0.5, 0.6) is 0 Å². The highest BCUT2D eigenvalue weighted by molar-refractivity contribution is 5.97. The molecule has 4 amide bonds. The van der Waals surface area contributed by atoms with Gasteiger partial charge in [-0.1, -0.05) is 18.2 Å². The van der Waals surface area contributed by atoms with E-state index >= 15 is 0 Å². The summed E-state index contributed by atoms with van der Waals surface area (Å²) in [7, 11) is 0. The fraction of sp³-hybridized carbons (Fsp3) is 0.448. The number of benzene rings is 1. The van der Waals surface area contributed by atoms with Gasteiger partial charge in [0.05, 0.1) is 25.0 Å². The predicted octanol–water partition coefficient (Wildman–Crippen LogP) is -3.55. The van der Waals surface area contributed by atoms with Crippen molar-refractivity contribution in [3.05, 3.63) is 36.0 Å². The Labute approximate surface area is 278 Å². The van der Waals surface area contributed by atoms with Gasteiger partial charge in [-0.2, -0.15) is 0 Å². The average Bonchev–Trinajstić information content (AvgIpc) is 3.42. The fourth-order valence-electron chi connectivity index (χ4n) is 4.61. The minimum Gasteiger partial charge on any atom is -0.481 e. The molecule has 1 heterocycles. The molecule has 0 bridgehead atoms. The number of nitrogens with zero attached hydrogens (tertiary/aromatic N) is 1. The van der Waals surface area contributed by atoms with Gasteiger partial charge in [0, 0.05) is 30.1 Å². The molecule has 0 saturated heterocycles. The summed E-state index contributed by atoms with van der Waals surface area (Å²) < 4.78 is 0. The number of aromatic nitrogens is 1. The van der Waals surface area contributed by atoms with Crippen LogP contribution in [0, 0.1) is 0 Å². The van der Waals surface area contributed by atoms with E-state index in [0.29, 0.717) is 16.5 Å². The number of hydrogen-bond donors (Lipinski definition) is 12. The van der Waals surface area contributed by atoms with Gasteiger partial charge < -0.3 is 63.9 Å². The van der Waals surface area contributed by atoms with Crippen molar-refractivity contribution in [3.8, 4) is 0 Å². The number of para-hydroxylation sites is 1. The molecule has 0 unspecified atom stereocenters. The highest BCUT2D eigenvalue weighted by Gasteiger charge is 2.35. The molecule has 268 valence electrons. The summed E-state index contributed by atoms with van der Waals surface area (Å²) in [4.78, 5) is 93.7. The molecule has 0 aliphatic carbocycles. The van der Waals surface area contributed by atoms with Crippen molar-refractivity contribution in [1.29, 1.82) is 0 Å². The number of rotatable bonds is 20. The van der Waals surface area contributed by atoms with Gasteiger partial charge in [-0.3, -0.25) is 33.8 Å². The normalized spacial score (nSPS) is 14.6. The third-order valence-corrected chi connectivity index (χ3v) is 7.10. The standard InChI is InChI=1S/C29H41N9O11/c1-13(39)23(38-26(46)19(11-22(42)43)35-24(44)16(30)6-4-8-33-29(31)32)27(47)36-18(10-21(40)41)25(45)37-20(28(48)49)9-14-12-34-17-7-3-2-5-15(14)17/h2-3,5,7,12-13,16,18-20,23,34,39H,4,6,8-11,30H2,1H3,(H,35,44)(H,36,47)(H,37,45)(H,38,46)(H,40,41)(H,42,43)(H,48,49)(H4,31,32,33)/t13-,16+,18+,19+,20+,23+/m1/s1. The van der Waals surface area contributed by atoms with Gasteiger partial charge in [-0.25, -0.2) is 4.79 Å². The number of aliphatic imine (C=N–C) groups is 1. The predicted molar refractivity (Wildman–Crippen MR) is 171 cm³/mol.